The molecular weight excluding hydrogens is 238 g/mol. The van der Waals surface area contributed by atoms with Gasteiger partial charge in [-0.25, -0.2) is 0 Å². The summed E-state index contributed by atoms with van der Waals surface area (Å²) < 4.78 is 5.86. The molecule has 3 heteroatoms. The summed E-state index contributed by atoms with van der Waals surface area (Å²) in [6.07, 6.45) is 4.41. The van der Waals surface area contributed by atoms with Crippen LogP contribution in [0.15, 0.2) is 30.3 Å². The Morgan fingerprint density at radius 1 is 1.21 bits per heavy atom. The fraction of sp³-hybridized carbons (Fsp3) is 0.562. The van der Waals surface area contributed by atoms with Gasteiger partial charge in [-0.05, 0) is 30.7 Å². The van der Waals surface area contributed by atoms with Crippen molar-refractivity contribution in [2.75, 3.05) is 19.7 Å². The minimum atomic E-state index is 0.226. The van der Waals surface area contributed by atoms with Crippen molar-refractivity contribution in [3.63, 3.8) is 0 Å². The SMILES string of the molecule is O=C(Cc1ccccc1)N1CCC(OCC2CC2)C1. The molecule has 19 heavy (non-hydrogen) atoms. The molecule has 102 valence electrons. The summed E-state index contributed by atoms with van der Waals surface area (Å²) in [6.45, 7) is 2.52. The third-order valence-corrected chi connectivity index (χ3v) is 3.96. The van der Waals surface area contributed by atoms with Crippen molar-refractivity contribution in [3.05, 3.63) is 35.9 Å². The number of likely N-dealkylation sites (tertiary alicyclic amines) is 1. The van der Waals surface area contributed by atoms with Crippen molar-refractivity contribution in [1.82, 2.24) is 4.90 Å². The predicted octanol–water partition coefficient (Wildman–Crippen LogP) is 2.26. The lowest BCUT2D eigenvalue weighted by Crippen LogP contribution is -2.31. The van der Waals surface area contributed by atoms with E-state index in [4.69, 9.17) is 4.74 Å². The van der Waals surface area contributed by atoms with E-state index in [0.29, 0.717) is 6.42 Å². The molecule has 1 atom stereocenters. The summed E-state index contributed by atoms with van der Waals surface area (Å²) in [6, 6.07) is 9.96. The second kappa shape index (κ2) is 5.74. The van der Waals surface area contributed by atoms with Crippen molar-refractivity contribution in [2.24, 2.45) is 5.92 Å². The van der Waals surface area contributed by atoms with Gasteiger partial charge in [-0.1, -0.05) is 30.3 Å². The molecule has 1 amide bonds. The molecule has 1 aromatic rings. The zero-order chi connectivity index (χ0) is 13.1. The third-order valence-electron chi connectivity index (χ3n) is 3.96. The zero-order valence-corrected chi connectivity index (χ0v) is 11.3. The number of hydrogen-bond acceptors (Lipinski definition) is 2. The van der Waals surface area contributed by atoms with Crippen molar-refractivity contribution < 1.29 is 9.53 Å². The molecule has 0 spiro atoms. The smallest absolute Gasteiger partial charge is 0.227 e. The quantitative estimate of drug-likeness (QED) is 0.811. The highest BCUT2D eigenvalue weighted by Crippen LogP contribution is 2.30. The molecule has 3 nitrogen and oxygen atoms in total. The Kier molecular flexibility index (Phi) is 3.83. The summed E-state index contributed by atoms with van der Waals surface area (Å²) in [5.74, 6) is 1.03. The van der Waals surface area contributed by atoms with Gasteiger partial charge in [0.1, 0.15) is 0 Å². The lowest BCUT2D eigenvalue weighted by atomic mass is 10.1. The fourth-order valence-corrected chi connectivity index (χ4v) is 2.53. The fourth-order valence-electron chi connectivity index (χ4n) is 2.53. The lowest BCUT2D eigenvalue weighted by molar-refractivity contribution is -0.130. The summed E-state index contributed by atoms with van der Waals surface area (Å²) in [5.41, 5.74) is 1.09. The second-order valence-corrected chi connectivity index (χ2v) is 5.69. The highest BCUT2D eigenvalue weighted by atomic mass is 16.5. The molecule has 0 N–H and O–H groups in total. The topological polar surface area (TPSA) is 29.5 Å². The average molecular weight is 259 g/mol. The second-order valence-electron chi connectivity index (χ2n) is 5.69. The van der Waals surface area contributed by atoms with Gasteiger partial charge in [-0.3, -0.25) is 4.79 Å². The maximum absolute atomic E-state index is 12.2. The average Bonchev–Trinajstić information content (AvgIpc) is 3.14. The van der Waals surface area contributed by atoms with Crippen molar-refractivity contribution in [2.45, 2.75) is 31.8 Å². The van der Waals surface area contributed by atoms with Crippen LogP contribution < -0.4 is 0 Å². The minimum Gasteiger partial charge on any atom is -0.376 e. The van der Waals surface area contributed by atoms with Gasteiger partial charge in [0, 0.05) is 19.7 Å². The van der Waals surface area contributed by atoms with Crippen LogP contribution in [0.3, 0.4) is 0 Å². The largest absolute Gasteiger partial charge is 0.376 e. The van der Waals surface area contributed by atoms with Crippen LogP contribution in [0.4, 0.5) is 0 Å². The Hall–Kier alpha value is -1.35. The maximum atomic E-state index is 12.2. The van der Waals surface area contributed by atoms with Gasteiger partial charge in [0.2, 0.25) is 5.91 Å². The van der Waals surface area contributed by atoms with Gasteiger partial charge in [0.05, 0.1) is 12.5 Å². The van der Waals surface area contributed by atoms with E-state index in [9.17, 15) is 4.79 Å². The van der Waals surface area contributed by atoms with E-state index >= 15 is 0 Å². The van der Waals surface area contributed by atoms with Crippen LogP contribution in [0.2, 0.25) is 0 Å². The zero-order valence-electron chi connectivity index (χ0n) is 11.3. The van der Waals surface area contributed by atoms with Crippen molar-refractivity contribution in [3.8, 4) is 0 Å². The van der Waals surface area contributed by atoms with E-state index in [0.717, 1.165) is 37.6 Å². The first-order valence-electron chi connectivity index (χ1n) is 7.24. The molecule has 1 unspecified atom stereocenters. The standard InChI is InChI=1S/C16H21NO2/c18-16(10-13-4-2-1-3-5-13)17-9-8-15(11-17)19-12-14-6-7-14/h1-5,14-15H,6-12H2. The summed E-state index contributed by atoms with van der Waals surface area (Å²) in [4.78, 5) is 14.1. The highest BCUT2D eigenvalue weighted by Gasteiger charge is 2.29. The van der Waals surface area contributed by atoms with Gasteiger partial charge in [-0.2, -0.15) is 0 Å². The minimum absolute atomic E-state index is 0.226. The predicted molar refractivity (Wildman–Crippen MR) is 73.8 cm³/mol. The Morgan fingerprint density at radius 2 is 2.00 bits per heavy atom. The van der Waals surface area contributed by atoms with Gasteiger partial charge < -0.3 is 9.64 Å². The van der Waals surface area contributed by atoms with E-state index in [2.05, 4.69) is 0 Å². The van der Waals surface area contributed by atoms with E-state index < -0.39 is 0 Å². The number of nitrogens with zero attached hydrogens (tertiary/aromatic N) is 1. The highest BCUT2D eigenvalue weighted by molar-refractivity contribution is 5.79. The lowest BCUT2D eigenvalue weighted by Gasteiger charge is -2.16. The molecule has 1 saturated heterocycles. The van der Waals surface area contributed by atoms with E-state index in [1.165, 1.54) is 12.8 Å². The summed E-state index contributed by atoms with van der Waals surface area (Å²) in [5, 5.41) is 0. The van der Waals surface area contributed by atoms with E-state index in [1.807, 2.05) is 35.2 Å². The normalized spacial score (nSPS) is 22.7. The first-order chi connectivity index (χ1) is 9.31. The third kappa shape index (κ3) is 3.57. The first-order valence-corrected chi connectivity index (χ1v) is 7.24. The molecule has 3 rings (SSSR count). The molecule has 1 aliphatic heterocycles. The molecule has 0 radical (unpaired) electrons. The Labute approximate surface area is 114 Å². The molecule has 1 heterocycles. The summed E-state index contributed by atoms with van der Waals surface area (Å²) in [7, 11) is 0. The number of carbonyl (C=O) groups is 1. The number of carbonyl (C=O) groups excluding carboxylic acids is 1. The molecule has 2 fully saturated rings. The van der Waals surface area contributed by atoms with Gasteiger partial charge >= 0.3 is 0 Å². The molecular formula is C16H21NO2. The molecule has 2 aliphatic rings. The van der Waals surface area contributed by atoms with Crippen LogP contribution in [-0.4, -0.2) is 36.6 Å². The van der Waals surface area contributed by atoms with Gasteiger partial charge in [-0.15, -0.1) is 0 Å². The Morgan fingerprint density at radius 3 is 2.74 bits per heavy atom. The molecule has 0 aromatic heterocycles. The van der Waals surface area contributed by atoms with E-state index in [-0.39, 0.29) is 12.0 Å². The first kappa shape index (κ1) is 12.7. The van der Waals surface area contributed by atoms with Crippen molar-refractivity contribution >= 4 is 5.91 Å². The summed E-state index contributed by atoms with van der Waals surface area (Å²) >= 11 is 0. The Balaban J connectivity index is 1.45. The van der Waals surface area contributed by atoms with Crippen molar-refractivity contribution in [1.29, 1.82) is 0 Å². The van der Waals surface area contributed by atoms with Crippen LogP contribution >= 0.6 is 0 Å². The van der Waals surface area contributed by atoms with Crippen LogP contribution in [0.5, 0.6) is 0 Å². The van der Waals surface area contributed by atoms with Gasteiger partial charge in [0.25, 0.3) is 0 Å². The number of benzene rings is 1. The molecule has 1 aliphatic carbocycles. The maximum Gasteiger partial charge on any atom is 0.227 e. The number of ether oxygens (including phenoxy) is 1. The molecule has 1 saturated carbocycles. The number of rotatable bonds is 5. The van der Waals surface area contributed by atoms with Crippen LogP contribution in [0.25, 0.3) is 0 Å². The molecule has 0 bridgehead atoms. The van der Waals surface area contributed by atoms with Crippen LogP contribution in [0.1, 0.15) is 24.8 Å². The molecule has 1 aromatic carbocycles. The number of hydrogen-bond donors (Lipinski definition) is 0. The Bertz CT molecular complexity index is 428. The van der Waals surface area contributed by atoms with Gasteiger partial charge in [0.15, 0.2) is 0 Å². The monoisotopic (exact) mass is 259 g/mol. The van der Waals surface area contributed by atoms with E-state index in [1.54, 1.807) is 0 Å². The number of amides is 1. The van der Waals surface area contributed by atoms with Crippen LogP contribution in [0, 0.1) is 5.92 Å². The van der Waals surface area contributed by atoms with Crippen LogP contribution in [-0.2, 0) is 16.0 Å².